The first-order chi connectivity index (χ1) is 2.80. The largest absolute Gasteiger partial charge is 1.00 e. The average molecular weight is 112 g/mol. The van der Waals surface area contributed by atoms with Crippen LogP contribution in [0.1, 0.15) is 1.43 Å². The third kappa shape index (κ3) is 2.29. The Hall–Kier alpha value is 0.430. The third-order valence-corrected chi connectivity index (χ3v) is 0.609. The Balaban J connectivity index is 0. The molecule has 1 N–H and O–H groups in total. The Kier molecular flexibility index (Phi) is 2.83. The molecule has 0 aromatic heterocycles. The zero-order valence-electron chi connectivity index (χ0n) is 5.05. The fraction of sp³-hybridized carbons (Fsp3) is 0.667. The van der Waals surface area contributed by atoms with Crippen LogP contribution in [-0.2, 0) is 9.53 Å². The van der Waals surface area contributed by atoms with Gasteiger partial charge in [-0.25, -0.2) is 4.79 Å². The van der Waals surface area contributed by atoms with Crippen LogP contribution in [0.15, 0.2) is 0 Å². The minimum Gasteiger partial charge on any atom is -1.00 e. The summed E-state index contributed by atoms with van der Waals surface area (Å²) in [5.41, 5.74) is 0. The third-order valence-electron chi connectivity index (χ3n) is 0.609. The predicted molar refractivity (Wildman–Crippen MR) is 18.5 cm³/mol. The maximum Gasteiger partial charge on any atom is 1.00 e. The molecule has 1 heterocycles. The molecule has 0 aliphatic carbocycles. The van der Waals surface area contributed by atoms with E-state index in [1.165, 1.54) is 0 Å². The van der Waals surface area contributed by atoms with Crippen molar-refractivity contribution in [1.29, 1.82) is 0 Å². The predicted octanol–water partition coefficient (Wildman–Crippen LogP) is -3.41. The Bertz CT molecular complexity index is 82.6. The van der Waals surface area contributed by atoms with Crippen molar-refractivity contribution >= 4 is 5.97 Å². The summed E-state index contributed by atoms with van der Waals surface area (Å²) in [4.78, 5) is 9.64. The van der Waals surface area contributed by atoms with Crippen LogP contribution in [-0.4, -0.2) is 23.8 Å². The van der Waals surface area contributed by atoms with Crippen LogP contribution in [0.3, 0.4) is 0 Å². The van der Waals surface area contributed by atoms with Crippen LogP contribution in [0.2, 0.25) is 0 Å². The molecule has 0 spiro atoms. The number of ether oxygens (including phenoxy) is 1. The molecule has 1 aliphatic heterocycles. The zero-order valence-corrected chi connectivity index (χ0v) is 6.05. The first-order valence-electron chi connectivity index (χ1n) is 1.65. The van der Waals surface area contributed by atoms with Gasteiger partial charge in [0.1, 0.15) is 0 Å². The Morgan fingerprint density at radius 3 is 2.43 bits per heavy atom. The van der Waals surface area contributed by atoms with Gasteiger partial charge in [0.25, 0.3) is 0 Å². The van der Waals surface area contributed by atoms with Crippen molar-refractivity contribution in [1.82, 2.24) is 0 Å². The van der Waals surface area contributed by atoms with Crippen LogP contribution in [0.25, 0.3) is 0 Å². The summed E-state index contributed by atoms with van der Waals surface area (Å²) in [6, 6.07) is 0. The fourth-order valence-electron chi connectivity index (χ4n) is 0.191. The monoisotopic (exact) mass is 112 g/mol. The van der Waals surface area contributed by atoms with E-state index in [1.54, 1.807) is 0 Å². The van der Waals surface area contributed by atoms with E-state index in [0.717, 1.165) is 0 Å². The number of hydrogen-bond acceptors (Lipinski definition) is 2. The molecule has 7 heavy (non-hydrogen) atoms. The van der Waals surface area contributed by atoms with Gasteiger partial charge in [-0.15, -0.1) is 0 Å². The van der Waals surface area contributed by atoms with Gasteiger partial charge in [0, 0.05) is 0 Å². The standard InChI is InChI=1S/C3H4O3.Na.H/c4-3(5)2-1-6-2;;/h2H,1H2,(H,4,5);;/q;+1;-1/t2-;;/m0../s1. The summed E-state index contributed by atoms with van der Waals surface area (Å²) in [6.45, 7) is 0.398. The number of rotatable bonds is 1. The van der Waals surface area contributed by atoms with Gasteiger partial charge in [-0.3, -0.25) is 0 Å². The Labute approximate surface area is 64.4 Å². The smallest absolute Gasteiger partial charge is 1.00 e. The Morgan fingerprint density at radius 2 is 2.43 bits per heavy atom. The number of hydrogen-bond donors (Lipinski definition) is 1. The number of aliphatic carboxylic acids is 1. The summed E-state index contributed by atoms with van der Waals surface area (Å²) in [5, 5.41) is 7.93. The second-order valence-corrected chi connectivity index (χ2v) is 1.16. The molecule has 1 aliphatic rings. The molecule has 0 unspecified atom stereocenters. The average Bonchev–Trinajstić information content (AvgIpc) is 2.06. The van der Waals surface area contributed by atoms with Gasteiger partial charge in [0.15, 0.2) is 6.10 Å². The van der Waals surface area contributed by atoms with Gasteiger partial charge >= 0.3 is 35.5 Å². The number of carbonyl (C=O) groups is 1. The molecule has 3 nitrogen and oxygen atoms in total. The summed E-state index contributed by atoms with van der Waals surface area (Å²) in [6.07, 6.45) is -0.481. The zero-order chi connectivity index (χ0) is 4.57. The van der Waals surface area contributed by atoms with E-state index in [0.29, 0.717) is 6.61 Å². The maximum atomic E-state index is 9.64. The molecular formula is C3H5NaO3. The van der Waals surface area contributed by atoms with E-state index in [2.05, 4.69) is 4.74 Å². The second-order valence-electron chi connectivity index (χ2n) is 1.16. The minimum atomic E-state index is -0.852. The van der Waals surface area contributed by atoms with Crippen molar-refractivity contribution in [3.63, 3.8) is 0 Å². The SMILES string of the molecule is O=C(O)[C@@H]1CO1.[H-].[Na+]. The molecule has 36 valence electrons. The molecule has 4 heteroatoms. The normalized spacial score (nSPS) is 25.4. The number of carboxylic acids is 1. The molecule has 0 radical (unpaired) electrons. The van der Waals surface area contributed by atoms with Gasteiger partial charge in [-0.05, 0) is 0 Å². The quantitative estimate of drug-likeness (QED) is 0.284. The molecule has 0 amide bonds. The molecule has 0 aromatic rings. The van der Waals surface area contributed by atoms with Crippen molar-refractivity contribution in [2.24, 2.45) is 0 Å². The summed E-state index contributed by atoms with van der Waals surface area (Å²) in [7, 11) is 0. The van der Waals surface area contributed by atoms with E-state index in [4.69, 9.17) is 5.11 Å². The molecule has 0 saturated carbocycles. The molecule has 1 fully saturated rings. The van der Waals surface area contributed by atoms with Crippen molar-refractivity contribution in [3.05, 3.63) is 0 Å². The molecule has 0 aromatic carbocycles. The van der Waals surface area contributed by atoms with E-state index in [1.807, 2.05) is 0 Å². The summed E-state index contributed by atoms with van der Waals surface area (Å²) >= 11 is 0. The molecule has 1 atom stereocenters. The van der Waals surface area contributed by atoms with Crippen LogP contribution < -0.4 is 29.6 Å². The number of epoxide rings is 1. The number of carboxylic acid groups (broad SMARTS) is 1. The molecule has 1 rings (SSSR count). The van der Waals surface area contributed by atoms with E-state index < -0.39 is 12.1 Å². The van der Waals surface area contributed by atoms with Crippen molar-refractivity contribution in [3.8, 4) is 0 Å². The van der Waals surface area contributed by atoms with Crippen LogP contribution in [0, 0.1) is 0 Å². The second kappa shape index (κ2) is 2.67. The molecular weight excluding hydrogens is 107 g/mol. The first-order valence-corrected chi connectivity index (χ1v) is 1.65. The van der Waals surface area contributed by atoms with Crippen LogP contribution >= 0.6 is 0 Å². The van der Waals surface area contributed by atoms with E-state index >= 15 is 0 Å². The minimum absolute atomic E-state index is 0. The van der Waals surface area contributed by atoms with Crippen molar-refractivity contribution in [2.75, 3.05) is 6.61 Å². The van der Waals surface area contributed by atoms with Crippen LogP contribution in [0.4, 0.5) is 0 Å². The van der Waals surface area contributed by atoms with E-state index in [9.17, 15) is 4.79 Å². The molecule has 1 saturated heterocycles. The fourth-order valence-corrected chi connectivity index (χ4v) is 0.191. The van der Waals surface area contributed by atoms with Gasteiger partial charge in [0.05, 0.1) is 6.61 Å². The summed E-state index contributed by atoms with van der Waals surface area (Å²) in [5.74, 6) is -0.852. The Morgan fingerprint density at radius 1 is 2.00 bits per heavy atom. The van der Waals surface area contributed by atoms with Crippen molar-refractivity contribution < 1.29 is 45.6 Å². The summed E-state index contributed by atoms with van der Waals surface area (Å²) < 4.78 is 4.37. The molecule has 0 bridgehead atoms. The van der Waals surface area contributed by atoms with Gasteiger partial charge in [0.2, 0.25) is 0 Å². The first kappa shape index (κ1) is 7.43. The van der Waals surface area contributed by atoms with Crippen molar-refractivity contribution in [2.45, 2.75) is 6.10 Å². The topological polar surface area (TPSA) is 49.8 Å². The maximum absolute atomic E-state index is 9.64. The van der Waals surface area contributed by atoms with Gasteiger partial charge < -0.3 is 11.3 Å². The van der Waals surface area contributed by atoms with Gasteiger partial charge in [-0.2, -0.15) is 0 Å². The van der Waals surface area contributed by atoms with Crippen LogP contribution in [0.5, 0.6) is 0 Å². The van der Waals surface area contributed by atoms with Gasteiger partial charge in [-0.1, -0.05) is 0 Å². The van der Waals surface area contributed by atoms with E-state index in [-0.39, 0.29) is 31.0 Å².